The molecule has 3 atom stereocenters. The van der Waals surface area contributed by atoms with Gasteiger partial charge in [-0.2, -0.15) is 0 Å². The number of amides is 1. The van der Waals surface area contributed by atoms with Crippen LogP contribution in [0.15, 0.2) is 72.9 Å². The van der Waals surface area contributed by atoms with Crippen LogP contribution in [0.25, 0.3) is 0 Å². The molecule has 0 bridgehead atoms. The van der Waals surface area contributed by atoms with Gasteiger partial charge in [0.2, 0.25) is 5.91 Å². The van der Waals surface area contributed by atoms with Crippen molar-refractivity contribution in [1.29, 1.82) is 0 Å². The highest BCUT2D eigenvalue weighted by Gasteiger charge is 2.23. The summed E-state index contributed by atoms with van der Waals surface area (Å²) in [6, 6.07) is -0.738. The number of rotatable bonds is 40. The van der Waals surface area contributed by atoms with E-state index in [0.717, 1.165) is 70.6 Å². The van der Waals surface area contributed by atoms with Crippen LogP contribution >= 0.6 is 0 Å². The Morgan fingerprint density at radius 1 is 0.571 bits per heavy atom. The first-order chi connectivity index (χ1) is 27.5. The number of aliphatic hydroxyl groups is 2. The second kappa shape index (κ2) is 43.4. The van der Waals surface area contributed by atoms with Crippen molar-refractivity contribution in [2.45, 2.75) is 225 Å². The van der Waals surface area contributed by atoms with Crippen LogP contribution < -0.4 is 5.32 Å². The fraction of sp³-hybridized carbons (Fsp3) is 0.720. The number of hydrogen-bond acceptors (Lipinski definition) is 5. The molecule has 0 aliphatic carbocycles. The van der Waals surface area contributed by atoms with Crippen molar-refractivity contribution in [3.8, 4) is 0 Å². The Morgan fingerprint density at radius 3 is 1.64 bits per heavy atom. The van der Waals surface area contributed by atoms with Gasteiger partial charge in [-0.1, -0.05) is 210 Å². The largest absolute Gasteiger partial charge is 0.458 e. The smallest absolute Gasteiger partial charge is 0.306 e. The third-order valence-electron chi connectivity index (χ3n) is 10.1. The fourth-order valence-electron chi connectivity index (χ4n) is 6.58. The summed E-state index contributed by atoms with van der Waals surface area (Å²) in [5.41, 5.74) is 0. The van der Waals surface area contributed by atoms with Crippen molar-refractivity contribution in [2.24, 2.45) is 0 Å². The van der Waals surface area contributed by atoms with Gasteiger partial charge < -0.3 is 20.3 Å². The van der Waals surface area contributed by atoms with Gasteiger partial charge in [0.25, 0.3) is 0 Å². The molecule has 0 aromatic heterocycles. The number of ether oxygens (including phenoxy) is 1. The first-order valence-electron chi connectivity index (χ1n) is 23.2. The van der Waals surface area contributed by atoms with Gasteiger partial charge in [0.1, 0.15) is 6.10 Å². The molecular weight excluding hydrogens is 695 g/mol. The molecule has 0 aromatic carbocycles. The van der Waals surface area contributed by atoms with E-state index in [0.29, 0.717) is 19.3 Å². The van der Waals surface area contributed by atoms with E-state index >= 15 is 0 Å². The van der Waals surface area contributed by atoms with Crippen LogP contribution in [0.3, 0.4) is 0 Å². The third-order valence-corrected chi connectivity index (χ3v) is 10.1. The molecule has 1 amide bonds. The van der Waals surface area contributed by atoms with E-state index in [-0.39, 0.29) is 24.9 Å². The SMILES string of the molecule is CC/C=C/C=C/C=C/C=C\CCCCCCCC(=O)OC(/C=C/C/C=C\CCCCCCCC)CC(=O)NC(CO)C(O)CCCCCCCCCCCCC. The standard InChI is InChI=1S/C50H87NO5/c1-4-7-10-13-16-19-22-23-24-25-28-31-34-37-40-43-50(55)56-46(41-38-35-32-29-26-20-17-14-11-8-5-2)44-49(54)51-47(45-52)48(53)42-39-36-33-30-27-21-18-15-12-9-6-3/h7,10,13,16,19,22-24,29,32,38,41,46-48,52-53H,4-6,8-9,11-12,14-15,17-18,20-21,25-28,30-31,33-37,39-40,42-45H2,1-3H3,(H,51,54)/b10-7+,16-13+,22-19+,24-23-,32-29-,41-38+. The maximum Gasteiger partial charge on any atom is 0.306 e. The average molecular weight is 782 g/mol. The number of carbonyl (C=O) groups excluding carboxylic acids is 2. The van der Waals surface area contributed by atoms with Crippen molar-refractivity contribution < 1.29 is 24.5 Å². The topological polar surface area (TPSA) is 95.9 Å². The predicted octanol–water partition coefficient (Wildman–Crippen LogP) is 13.4. The zero-order valence-corrected chi connectivity index (χ0v) is 36.5. The van der Waals surface area contributed by atoms with E-state index < -0.39 is 18.2 Å². The second-order valence-corrected chi connectivity index (χ2v) is 15.5. The van der Waals surface area contributed by atoms with Crippen molar-refractivity contribution in [1.82, 2.24) is 5.32 Å². The maximum absolute atomic E-state index is 13.1. The number of allylic oxidation sites excluding steroid dienone is 11. The summed E-state index contributed by atoms with van der Waals surface area (Å²) in [5.74, 6) is -0.636. The summed E-state index contributed by atoms with van der Waals surface area (Å²) in [7, 11) is 0. The van der Waals surface area contributed by atoms with Gasteiger partial charge in [-0.05, 0) is 57.4 Å². The Bertz CT molecular complexity index is 1060. The summed E-state index contributed by atoms with van der Waals surface area (Å²) in [4.78, 5) is 25.9. The van der Waals surface area contributed by atoms with E-state index in [4.69, 9.17) is 4.74 Å². The molecule has 3 unspecified atom stereocenters. The Labute approximate surface area is 345 Å². The highest BCUT2D eigenvalue weighted by atomic mass is 16.5. The summed E-state index contributed by atoms with van der Waals surface area (Å²) in [5, 5.41) is 23.6. The zero-order valence-electron chi connectivity index (χ0n) is 36.5. The molecule has 0 spiro atoms. The molecule has 0 heterocycles. The van der Waals surface area contributed by atoms with Crippen molar-refractivity contribution in [3.63, 3.8) is 0 Å². The van der Waals surface area contributed by atoms with Crippen LogP contribution in [0.2, 0.25) is 0 Å². The van der Waals surface area contributed by atoms with E-state index in [9.17, 15) is 19.8 Å². The second-order valence-electron chi connectivity index (χ2n) is 15.5. The van der Waals surface area contributed by atoms with Crippen molar-refractivity contribution in [2.75, 3.05) is 6.61 Å². The first-order valence-corrected chi connectivity index (χ1v) is 23.2. The van der Waals surface area contributed by atoms with Crippen LogP contribution in [-0.4, -0.2) is 46.9 Å². The molecular formula is C50H87NO5. The number of hydrogen-bond donors (Lipinski definition) is 3. The Kier molecular flexibility index (Phi) is 41.3. The lowest BCUT2D eigenvalue weighted by molar-refractivity contribution is -0.148. The highest BCUT2D eigenvalue weighted by Crippen LogP contribution is 2.15. The van der Waals surface area contributed by atoms with E-state index in [2.05, 4.69) is 68.6 Å². The molecule has 6 heteroatoms. The van der Waals surface area contributed by atoms with Gasteiger partial charge in [-0.25, -0.2) is 0 Å². The predicted molar refractivity (Wildman–Crippen MR) is 241 cm³/mol. The van der Waals surface area contributed by atoms with Crippen LogP contribution in [0.5, 0.6) is 0 Å². The minimum absolute atomic E-state index is 0.0414. The monoisotopic (exact) mass is 782 g/mol. The maximum atomic E-state index is 13.1. The molecule has 0 aromatic rings. The average Bonchev–Trinajstić information content (AvgIpc) is 3.19. The number of carbonyl (C=O) groups is 2. The molecule has 0 aliphatic rings. The van der Waals surface area contributed by atoms with Gasteiger partial charge in [-0.15, -0.1) is 0 Å². The Hall–Kier alpha value is -2.70. The first kappa shape index (κ1) is 53.3. The van der Waals surface area contributed by atoms with E-state index in [1.54, 1.807) is 0 Å². The number of nitrogens with one attached hydrogen (secondary N) is 1. The fourth-order valence-corrected chi connectivity index (χ4v) is 6.58. The molecule has 0 radical (unpaired) electrons. The quantitative estimate of drug-likeness (QED) is 0.0249. The minimum Gasteiger partial charge on any atom is -0.458 e. The lowest BCUT2D eigenvalue weighted by Gasteiger charge is -2.23. The summed E-state index contributed by atoms with van der Waals surface area (Å²) in [6.45, 7) is 6.27. The van der Waals surface area contributed by atoms with Gasteiger partial charge in [0.15, 0.2) is 0 Å². The van der Waals surface area contributed by atoms with Crippen LogP contribution in [0.4, 0.5) is 0 Å². The van der Waals surface area contributed by atoms with E-state index in [1.807, 2.05) is 30.4 Å². The molecule has 3 N–H and O–H groups in total. The van der Waals surface area contributed by atoms with Crippen LogP contribution in [0.1, 0.15) is 207 Å². The molecule has 0 rings (SSSR count). The molecule has 0 aliphatic heterocycles. The van der Waals surface area contributed by atoms with Crippen LogP contribution in [-0.2, 0) is 14.3 Å². The third kappa shape index (κ3) is 38.2. The number of unbranched alkanes of at least 4 members (excludes halogenated alkanes) is 21. The van der Waals surface area contributed by atoms with Gasteiger partial charge in [0.05, 0.1) is 25.2 Å². The molecule has 0 saturated carbocycles. The Balaban J connectivity index is 4.72. The lowest BCUT2D eigenvalue weighted by atomic mass is 10.0. The number of aliphatic hydroxyl groups excluding tert-OH is 2. The zero-order chi connectivity index (χ0) is 41.0. The minimum atomic E-state index is -0.816. The van der Waals surface area contributed by atoms with Crippen molar-refractivity contribution >= 4 is 11.9 Å². The normalized spacial score (nSPS) is 14.0. The summed E-state index contributed by atoms with van der Waals surface area (Å²) < 4.78 is 5.79. The van der Waals surface area contributed by atoms with Crippen molar-refractivity contribution in [3.05, 3.63) is 72.9 Å². The highest BCUT2D eigenvalue weighted by molar-refractivity contribution is 5.78. The molecule has 6 nitrogen and oxygen atoms in total. The van der Waals surface area contributed by atoms with Crippen LogP contribution in [0, 0.1) is 0 Å². The van der Waals surface area contributed by atoms with Gasteiger partial charge in [0, 0.05) is 6.42 Å². The molecule has 322 valence electrons. The molecule has 0 saturated heterocycles. The summed E-state index contributed by atoms with van der Waals surface area (Å²) >= 11 is 0. The summed E-state index contributed by atoms with van der Waals surface area (Å²) in [6.07, 6.45) is 54.2. The van der Waals surface area contributed by atoms with Gasteiger partial charge in [-0.3, -0.25) is 9.59 Å². The molecule has 0 fully saturated rings. The lowest BCUT2D eigenvalue weighted by Crippen LogP contribution is -2.46. The molecule has 56 heavy (non-hydrogen) atoms. The Morgan fingerprint density at radius 2 is 1.07 bits per heavy atom. The van der Waals surface area contributed by atoms with E-state index in [1.165, 1.54) is 89.9 Å². The number of esters is 1. The van der Waals surface area contributed by atoms with Gasteiger partial charge >= 0.3 is 5.97 Å².